The molecule has 3 aliphatic rings. The average molecular weight is 348 g/mol. The monoisotopic (exact) mass is 348 g/mol. The maximum absolute atomic E-state index is 13.0. The number of hydrogen-bond donors (Lipinski definition) is 1. The zero-order chi connectivity index (χ0) is 17.1. The summed E-state index contributed by atoms with van der Waals surface area (Å²) in [6.45, 7) is 6.96. The lowest BCUT2D eigenvalue weighted by Crippen LogP contribution is -2.54. The van der Waals surface area contributed by atoms with Crippen molar-refractivity contribution in [2.75, 3.05) is 57.4 Å². The number of ether oxygens (including phenoxy) is 1. The molecule has 4 heterocycles. The van der Waals surface area contributed by atoms with Gasteiger partial charge in [0.1, 0.15) is 6.33 Å². The number of piperazine rings is 1. The van der Waals surface area contributed by atoms with Gasteiger partial charge in [0.15, 0.2) is 0 Å². The van der Waals surface area contributed by atoms with Crippen LogP contribution >= 0.6 is 0 Å². The van der Waals surface area contributed by atoms with E-state index >= 15 is 0 Å². The Hall–Kier alpha value is -1.67. The Morgan fingerprint density at radius 1 is 1.12 bits per heavy atom. The van der Waals surface area contributed by atoms with Gasteiger partial charge in [-0.1, -0.05) is 0 Å². The second-order valence-corrected chi connectivity index (χ2v) is 7.30. The maximum atomic E-state index is 13.0. The number of rotatable bonds is 3. The van der Waals surface area contributed by atoms with Crippen molar-refractivity contribution in [3.63, 3.8) is 0 Å². The van der Waals surface area contributed by atoms with E-state index in [1.165, 1.54) is 6.33 Å². The molecule has 0 aliphatic carbocycles. The SMILES string of the molecule is O=C(C1CCCN(C2CCOCC2)C1)N1CCN(c2ncn[nH]2)CC1. The van der Waals surface area contributed by atoms with Gasteiger partial charge in [-0.25, -0.2) is 5.10 Å². The summed E-state index contributed by atoms with van der Waals surface area (Å²) in [5, 5.41) is 6.81. The van der Waals surface area contributed by atoms with Crippen LogP contribution in [-0.2, 0) is 9.53 Å². The summed E-state index contributed by atoms with van der Waals surface area (Å²) in [5.74, 6) is 1.30. The highest BCUT2D eigenvalue weighted by Gasteiger charge is 2.34. The van der Waals surface area contributed by atoms with E-state index < -0.39 is 0 Å². The van der Waals surface area contributed by atoms with Crippen LogP contribution in [0.3, 0.4) is 0 Å². The van der Waals surface area contributed by atoms with E-state index in [0.717, 1.165) is 84.1 Å². The number of piperidine rings is 1. The lowest BCUT2D eigenvalue weighted by atomic mass is 9.93. The number of carbonyl (C=O) groups is 1. The molecule has 1 aromatic rings. The number of likely N-dealkylation sites (tertiary alicyclic amines) is 1. The van der Waals surface area contributed by atoms with Crippen LogP contribution in [0.5, 0.6) is 0 Å². The molecule has 1 N–H and O–H groups in total. The highest BCUT2D eigenvalue weighted by atomic mass is 16.5. The number of anilines is 1. The zero-order valence-corrected chi connectivity index (χ0v) is 14.8. The predicted molar refractivity (Wildman–Crippen MR) is 93.3 cm³/mol. The normalized spacial score (nSPS) is 26.8. The van der Waals surface area contributed by atoms with Crippen LogP contribution in [0.25, 0.3) is 0 Å². The summed E-state index contributed by atoms with van der Waals surface area (Å²) in [4.78, 5) is 23.9. The molecule has 0 bridgehead atoms. The summed E-state index contributed by atoms with van der Waals surface area (Å²) in [7, 11) is 0. The molecule has 138 valence electrons. The minimum absolute atomic E-state index is 0.161. The van der Waals surface area contributed by atoms with Crippen molar-refractivity contribution in [2.24, 2.45) is 5.92 Å². The van der Waals surface area contributed by atoms with Crippen LogP contribution in [0.2, 0.25) is 0 Å². The molecule has 1 aromatic heterocycles. The van der Waals surface area contributed by atoms with Crippen LogP contribution in [0.15, 0.2) is 6.33 Å². The number of carbonyl (C=O) groups excluding carboxylic acids is 1. The average Bonchev–Trinajstić information content (AvgIpc) is 3.23. The van der Waals surface area contributed by atoms with Crippen LogP contribution < -0.4 is 4.90 Å². The summed E-state index contributed by atoms with van der Waals surface area (Å²) in [5.41, 5.74) is 0. The van der Waals surface area contributed by atoms with Crippen LogP contribution in [-0.4, -0.2) is 89.4 Å². The smallest absolute Gasteiger partial charge is 0.227 e. The van der Waals surface area contributed by atoms with Crippen molar-refractivity contribution in [3.05, 3.63) is 6.33 Å². The number of aromatic nitrogens is 3. The number of aromatic amines is 1. The quantitative estimate of drug-likeness (QED) is 0.849. The Bertz CT molecular complexity index is 551. The molecule has 1 amide bonds. The molecule has 8 heteroatoms. The van der Waals surface area contributed by atoms with E-state index in [1.807, 2.05) is 4.90 Å². The van der Waals surface area contributed by atoms with Crippen molar-refractivity contribution in [1.82, 2.24) is 25.0 Å². The molecule has 1 atom stereocenters. The lowest BCUT2D eigenvalue weighted by molar-refractivity contribution is -0.138. The molecule has 3 aliphatic heterocycles. The first kappa shape index (κ1) is 16.8. The highest BCUT2D eigenvalue weighted by Crippen LogP contribution is 2.25. The highest BCUT2D eigenvalue weighted by molar-refractivity contribution is 5.79. The van der Waals surface area contributed by atoms with E-state index in [1.54, 1.807) is 0 Å². The van der Waals surface area contributed by atoms with Crippen LogP contribution in [0.4, 0.5) is 5.95 Å². The van der Waals surface area contributed by atoms with E-state index in [-0.39, 0.29) is 5.92 Å². The zero-order valence-electron chi connectivity index (χ0n) is 14.8. The fourth-order valence-corrected chi connectivity index (χ4v) is 4.34. The summed E-state index contributed by atoms with van der Waals surface area (Å²) in [6, 6.07) is 0.604. The molecule has 0 aromatic carbocycles. The molecule has 25 heavy (non-hydrogen) atoms. The van der Waals surface area contributed by atoms with Crippen molar-refractivity contribution in [1.29, 1.82) is 0 Å². The molecule has 8 nitrogen and oxygen atoms in total. The molecule has 4 rings (SSSR count). The predicted octanol–water partition coefficient (Wildman–Crippen LogP) is 0.344. The van der Waals surface area contributed by atoms with E-state index in [0.29, 0.717) is 11.9 Å². The number of hydrogen-bond acceptors (Lipinski definition) is 6. The Morgan fingerprint density at radius 2 is 1.92 bits per heavy atom. The second-order valence-electron chi connectivity index (χ2n) is 7.30. The standard InChI is InChI=1S/C17H28N6O2/c24-16(21-6-8-22(9-7-21)17-18-13-19-20-17)14-2-1-5-23(12-14)15-3-10-25-11-4-15/h13-15H,1-12H2,(H,18,19,20). The van der Waals surface area contributed by atoms with E-state index in [2.05, 4.69) is 25.0 Å². The second kappa shape index (κ2) is 7.70. The van der Waals surface area contributed by atoms with Gasteiger partial charge in [0.25, 0.3) is 0 Å². The minimum Gasteiger partial charge on any atom is -0.381 e. The van der Waals surface area contributed by atoms with Gasteiger partial charge in [-0.3, -0.25) is 9.69 Å². The molecule has 0 saturated carbocycles. The molecule has 1 unspecified atom stereocenters. The van der Waals surface area contributed by atoms with Gasteiger partial charge in [0, 0.05) is 52.0 Å². The summed E-state index contributed by atoms with van der Waals surface area (Å²) >= 11 is 0. The van der Waals surface area contributed by atoms with Crippen molar-refractivity contribution in [2.45, 2.75) is 31.7 Å². The Balaban J connectivity index is 1.30. The minimum atomic E-state index is 0.161. The molecule has 3 fully saturated rings. The lowest BCUT2D eigenvalue weighted by Gasteiger charge is -2.42. The fourth-order valence-electron chi connectivity index (χ4n) is 4.34. The van der Waals surface area contributed by atoms with Gasteiger partial charge in [-0.2, -0.15) is 10.1 Å². The van der Waals surface area contributed by atoms with Gasteiger partial charge in [-0.15, -0.1) is 0 Å². The van der Waals surface area contributed by atoms with Gasteiger partial charge in [0.2, 0.25) is 11.9 Å². The molecule has 0 spiro atoms. The van der Waals surface area contributed by atoms with Crippen LogP contribution in [0, 0.1) is 5.92 Å². The third-order valence-electron chi connectivity index (χ3n) is 5.80. The number of H-pyrrole nitrogens is 1. The fraction of sp³-hybridized carbons (Fsp3) is 0.824. The number of nitrogens with one attached hydrogen (secondary N) is 1. The van der Waals surface area contributed by atoms with E-state index in [4.69, 9.17) is 4.74 Å². The Labute approximate surface area is 148 Å². The van der Waals surface area contributed by atoms with Crippen molar-refractivity contribution >= 4 is 11.9 Å². The summed E-state index contributed by atoms with van der Waals surface area (Å²) < 4.78 is 5.48. The molecule has 3 saturated heterocycles. The van der Waals surface area contributed by atoms with Gasteiger partial charge >= 0.3 is 0 Å². The topological polar surface area (TPSA) is 77.6 Å². The third kappa shape index (κ3) is 3.79. The molecular formula is C17H28N6O2. The van der Waals surface area contributed by atoms with Gasteiger partial charge < -0.3 is 14.5 Å². The first-order valence-electron chi connectivity index (χ1n) is 9.52. The van der Waals surface area contributed by atoms with Gasteiger partial charge in [0.05, 0.1) is 5.92 Å². The van der Waals surface area contributed by atoms with Crippen LogP contribution in [0.1, 0.15) is 25.7 Å². The first-order chi connectivity index (χ1) is 12.3. The van der Waals surface area contributed by atoms with Crippen molar-refractivity contribution in [3.8, 4) is 0 Å². The maximum Gasteiger partial charge on any atom is 0.227 e. The van der Waals surface area contributed by atoms with Crippen molar-refractivity contribution < 1.29 is 9.53 Å². The summed E-state index contributed by atoms with van der Waals surface area (Å²) in [6.07, 6.45) is 5.90. The first-order valence-corrected chi connectivity index (χ1v) is 9.52. The molecule has 0 radical (unpaired) electrons. The Morgan fingerprint density at radius 3 is 2.64 bits per heavy atom. The van der Waals surface area contributed by atoms with Gasteiger partial charge in [-0.05, 0) is 32.2 Å². The third-order valence-corrected chi connectivity index (χ3v) is 5.80. The number of amides is 1. The largest absolute Gasteiger partial charge is 0.381 e. The molecular weight excluding hydrogens is 320 g/mol. The Kier molecular flexibility index (Phi) is 5.17. The number of nitrogens with zero attached hydrogens (tertiary/aromatic N) is 5. The van der Waals surface area contributed by atoms with E-state index in [9.17, 15) is 4.79 Å².